The standard InChI is InChI=1S/C24H25N7O3/c1-14(25)34-22(26)18-12-27-24(28-17-8-9-19-16(11-17)7-10-21(33)29-19)31-23(18)30-20(13-32)15-5-3-2-4-6-15/h2-6,8-9,11-12,20,25-26,32H,7,10,13H2,1H3,(H,29,33)(H2,27,28,30,31)/t20-/m1/s1. The molecule has 0 bridgehead atoms. The summed E-state index contributed by atoms with van der Waals surface area (Å²) in [6.45, 7) is 1.22. The lowest BCUT2D eigenvalue weighted by Crippen LogP contribution is -2.20. The zero-order valence-corrected chi connectivity index (χ0v) is 18.6. The van der Waals surface area contributed by atoms with E-state index in [-0.39, 0.29) is 41.6 Å². The van der Waals surface area contributed by atoms with Gasteiger partial charge in [0.25, 0.3) is 0 Å². The van der Waals surface area contributed by atoms with Gasteiger partial charge in [-0.25, -0.2) is 4.98 Å². The molecule has 2 heterocycles. The Hall–Kier alpha value is -4.31. The summed E-state index contributed by atoms with van der Waals surface area (Å²) in [5.41, 5.74) is 3.65. The number of carbonyl (C=O) groups is 1. The molecule has 174 valence electrons. The Kier molecular flexibility index (Phi) is 6.79. The number of hydrogen-bond donors (Lipinski definition) is 6. The number of benzene rings is 2. The van der Waals surface area contributed by atoms with E-state index >= 15 is 0 Å². The number of aliphatic hydroxyl groups is 1. The normalized spacial score (nSPS) is 13.3. The average Bonchev–Trinajstić information content (AvgIpc) is 2.83. The molecule has 0 fully saturated rings. The molecule has 0 spiro atoms. The number of aromatic nitrogens is 2. The SMILES string of the molecule is CC(=N)OC(=N)c1cnc(Nc2ccc3c(c2)CCC(=O)N3)nc1N[C@H](CO)c1ccccc1. The molecule has 1 aliphatic rings. The zero-order valence-electron chi connectivity index (χ0n) is 18.6. The van der Waals surface area contributed by atoms with Gasteiger partial charge in [-0.1, -0.05) is 30.3 Å². The van der Waals surface area contributed by atoms with Crippen LogP contribution < -0.4 is 16.0 Å². The van der Waals surface area contributed by atoms with E-state index in [2.05, 4.69) is 25.9 Å². The minimum atomic E-state index is -0.482. The van der Waals surface area contributed by atoms with Gasteiger partial charge in [0.1, 0.15) is 5.82 Å². The Morgan fingerprint density at radius 2 is 2.00 bits per heavy atom. The molecule has 3 aromatic rings. The van der Waals surface area contributed by atoms with E-state index < -0.39 is 6.04 Å². The van der Waals surface area contributed by atoms with Crippen molar-refractivity contribution in [2.75, 3.05) is 22.6 Å². The van der Waals surface area contributed by atoms with Gasteiger partial charge in [-0.3, -0.25) is 15.6 Å². The van der Waals surface area contributed by atoms with Gasteiger partial charge in [-0.15, -0.1) is 0 Å². The van der Waals surface area contributed by atoms with E-state index in [1.165, 1.54) is 13.1 Å². The summed E-state index contributed by atoms with van der Waals surface area (Å²) in [4.78, 5) is 20.4. The van der Waals surface area contributed by atoms with E-state index in [1.54, 1.807) is 0 Å². The molecule has 0 saturated heterocycles. The van der Waals surface area contributed by atoms with Crippen LogP contribution in [0.1, 0.15) is 36.1 Å². The number of rotatable bonds is 7. The third-order valence-electron chi connectivity index (χ3n) is 5.24. The van der Waals surface area contributed by atoms with Crippen molar-refractivity contribution in [3.63, 3.8) is 0 Å². The monoisotopic (exact) mass is 459 g/mol. The van der Waals surface area contributed by atoms with Gasteiger partial charge in [0, 0.05) is 30.9 Å². The van der Waals surface area contributed by atoms with Gasteiger partial charge in [-0.05, 0) is 35.7 Å². The molecule has 10 heteroatoms. The van der Waals surface area contributed by atoms with Crippen LogP contribution in [0.2, 0.25) is 0 Å². The van der Waals surface area contributed by atoms with Crippen molar-refractivity contribution in [2.24, 2.45) is 0 Å². The first-order valence-corrected chi connectivity index (χ1v) is 10.7. The van der Waals surface area contributed by atoms with Crippen LogP contribution in [0.3, 0.4) is 0 Å². The maximum Gasteiger partial charge on any atom is 0.229 e. The molecule has 34 heavy (non-hydrogen) atoms. The summed E-state index contributed by atoms with van der Waals surface area (Å²) < 4.78 is 5.16. The quantitative estimate of drug-likeness (QED) is 0.233. The number of anilines is 4. The van der Waals surface area contributed by atoms with Gasteiger partial charge in [-0.2, -0.15) is 4.98 Å². The maximum absolute atomic E-state index is 11.6. The molecule has 1 aliphatic heterocycles. The Morgan fingerprint density at radius 1 is 1.21 bits per heavy atom. The number of carbonyl (C=O) groups excluding carboxylic acids is 1. The fourth-order valence-electron chi connectivity index (χ4n) is 3.60. The predicted molar refractivity (Wildman–Crippen MR) is 130 cm³/mol. The number of hydrogen-bond acceptors (Lipinski definition) is 9. The van der Waals surface area contributed by atoms with Crippen LogP contribution >= 0.6 is 0 Å². The molecule has 4 rings (SSSR count). The number of fused-ring (bicyclic) bond motifs is 1. The Bertz CT molecular complexity index is 1230. The van der Waals surface area contributed by atoms with Crippen molar-refractivity contribution < 1.29 is 14.6 Å². The van der Waals surface area contributed by atoms with Crippen LogP contribution in [-0.4, -0.2) is 39.4 Å². The molecule has 10 nitrogen and oxygen atoms in total. The van der Waals surface area contributed by atoms with Crippen LogP contribution in [0.25, 0.3) is 0 Å². The highest BCUT2D eigenvalue weighted by atomic mass is 16.5. The summed E-state index contributed by atoms with van der Waals surface area (Å²) in [5, 5.41) is 34.9. The number of ether oxygens (including phenoxy) is 1. The lowest BCUT2D eigenvalue weighted by molar-refractivity contribution is -0.116. The van der Waals surface area contributed by atoms with Gasteiger partial charge in [0.2, 0.25) is 17.8 Å². The Balaban J connectivity index is 1.63. The first kappa shape index (κ1) is 22.9. The molecule has 0 unspecified atom stereocenters. The van der Waals surface area contributed by atoms with E-state index in [9.17, 15) is 9.90 Å². The minimum absolute atomic E-state index is 0.00419. The third kappa shape index (κ3) is 5.36. The summed E-state index contributed by atoms with van der Waals surface area (Å²) in [6.07, 6.45) is 2.52. The molecule has 2 aromatic carbocycles. The summed E-state index contributed by atoms with van der Waals surface area (Å²) in [6, 6.07) is 14.5. The molecule has 1 aromatic heterocycles. The molecule has 0 aliphatic carbocycles. The number of nitrogens with one attached hydrogen (secondary N) is 5. The second kappa shape index (κ2) is 10.1. The smallest absolute Gasteiger partial charge is 0.229 e. The zero-order chi connectivity index (χ0) is 24.1. The number of aliphatic hydroxyl groups excluding tert-OH is 1. The highest BCUT2D eigenvalue weighted by Crippen LogP contribution is 2.28. The van der Waals surface area contributed by atoms with Crippen LogP contribution in [-0.2, 0) is 16.0 Å². The van der Waals surface area contributed by atoms with Crippen molar-refractivity contribution >= 4 is 40.8 Å². The van der Waals surface area contributed by atoms with Gasteiger partial charge in [0.05, 0.1) is 18.2 Å². The van der Waals surface area contributed by atoms with Crippen molar-refractivity contribution in [1.29, 1.82) is 10.8 Å². The van der Waals surface area contributed by atoms with Crippen LogP contribution in [0, 0.1) is 10.8 Å². The van der Waals surface area contributed by atoms with Crippen molar-refractivity contribution in [1.82, 2.24) is 9.97 Å². The summed E-state index contributed by atoms with van der Waals surface area (Å²) >= 11 is 0. The highest BCUT2D eigenvalue weighted by molar-refractivity contribution is 6.02. The fourth-order valence-corrected chi connectivity index (χ4v) is 3.60. The van der Waals surface area contributed by atoms with Gasteiger partial charge in [0.15, 0.2) is 5.90 Å². The molecule has 0 saturated carbocycles. The molecule has 1 amide bonds. The molecule has 0 radical (unpaired) electrons. The number of aryl methyl sites for hydroxylation is 1. The lowest BCUT2D eigenvalue weighted by atomic mass is 10.0. The molecular formula is C24H25N7O3. The van der Waals surface area contributed by atoms with Crippen LogP contribution in [0.5, 0.6) is 0 Å². The van der Waals surface area contributed by atoms with Crippen molar-refractivity contribution in [3.05, 3.63) is 71.4 Å². The first-order valence-electron chi connectivity index (χ1n) is 10.7. The first-order chi connectivity index (χ1) is 16.4. The van der Waals surface area contributed by atoms with E-state index in [4.69, 9.17) is 15.6 Å². The number of nitrogens with zero attached hydrogens (tertiary/aromatic N) is 2. The van der Waals surface area contributed by atoms with Gasteiger partial charge >= 0.3 is 0 Å². The van der Waals surface area contributed by atoms with E-state index in [1.807, 2.05) is 48.5 Å². The number of amides is 1. The molecule has 6 N–H and O–H groups in total. The largest absolute Gasteiger partial charge is 0.425 e. The molecular weight excluding hydrogens is 434 g/mol. The van der Waals surface area contributed by atoms with Crippen LogP contribution in [0.4, 0.5) is 23.1 Å². The fraction of sp³-hybridized carbons (Fsp3) is 0.208. The van der Waals surface area contributed by atoms with E-state index in [0.29, 0.717) is 12.8 Å². The van der Waals surface area contributed by atoms with Crippen molar-refractivity contribution in [3.8, 4) is 0 Å². The average molecular weight is 460 g/mol. The summed E-state index contributed by atoms with van der Waals surface area (Å²) in [7, 11) is 0. The minimum Gasteiger partial charge on any atom is -0.425 e. The second-order valence-electron chi connectivity index (χ2n) is 7.78. The van der Waals surface area contributed by atoms with Gasteiger partial charge < -0.3 is 25.8 Å². The third-order valence-corrected chi connectivity index (χ3v) is 5.24. The molecule has 1 atom stereocenters. The Morgan fingerprint density at radius 3 is 2.74 bits per heavy atom. The predicted octanol–water partition coefficient (Wildman–Crippen LogP) is 3.59. The maximum atomic E-state index is 11.6. The van der Waals surface area contributed by atoms with Crippen molar-refractivity contribution in [2.45, 2.75) is 25.8 Å². The summed E-state index contributed by atoms with van der Waals surface area (Å²) in [5.74, 6) is 0.133. The second-order valence-corrected chi connectivity index (χ2v) is 7.78. The Labute approximate surface area is 196 Å². The van der Waals surface area contributed by atoms with Crippen LogP contribution in [0.15, 0.2) is 54.7 Å². The van der Waals surface area contributed by atoms with E-state index in [0.717, 1.165) is 22.5 Å². The highest BCUT2D eigenvalue weighted by Gasteiger charge is 2.19. The lowest BCUT2D eigenvalue weighted by Gasteiger charge is -2.20. The topological polar surface area (TPSA) is 156 Å².